The van der Waals surface area contributed by atoms with Crippen LogP contribution in [0.15, 0.2) is 55.0 Å². The first-order valence-corrected chi connectivity index (χ1v) is 9.39. The molecule has 0 bridgehead atoms. The number of benzene rings is 1. The lowest BCUT2D eigenvalue weighted by Crippen LogP contribution is -2.29. The third-order valence-electron chi connectivity index (χ3n) is 4.67. The Balaban J connectivity index is 1.59. The highest BCUT2D eigenvalue weighted by atomic mass is 19.1. The molecule has 1 unspecified atom stereocenters. The molecule has 28 heavy (non-hydrogen) atoms. The van der Waals surface area contributed by atoms with Crippen LogP contribution in [0, 0.1) is 0 Å². The summed E-state index contributed by atoms with van der Waals surface area (Å²) in [6, 6.07) is 11.0. The first-order valence-electron chi connectivity index (χ1n) is 9.39. The Labute approximate surface area is 163 Å². The molecule has 1 saturated heterocycles. The van der Waals surface area contributed by atoms with Crippen molar-refractivity contribution in [1.29, 1.82) is 0 Å². The summed E-state index contributed by atoms with van der Waals surface area (Å²) in [7, 11) is 0. The fourth-order valence-electron chi connectivity index (χ4n) is 3.12. The third kappa shape index (κ3) is 4.43. The monoisotopic (exact) mass is 379 g/mol. The van der Waals surface area contributed by atoms with E-state index in [2.05, 4.69) is 25.6 Å². The van der Waals surface area contributed by atoms with E-state index < -0.39 is 6.67 Å². The van der Waals surface area contributed by atoms with E-state index in [0.29, 0.717) is 29.1 Å². The molecule has 3 aromatic rings. The van der Waals surface area contributed by atoms with Gasteiger partial charge in [0.2, 0.25) is 5.88 Å². The quantitative estimate of drug-likeness (QED) is 0.647. The van der Waals surface area contributed by atoms with Crippen LogP contribution in [0.4, 0.5) is 10.1 Å². The van der Waals surface area contributed by atoms with E-state index in [0.717, 1.165) is 30.8 Å². The van der Waals surface area contributed by atoms with Crippen molar-refractivity contribution in [2.45, 2.75) is 25.6 Å². The SMILES string of the molecule is FCc1ccc(Oc2nc(-c3cccnc3)ncc2NCC2CCCN2)cc1. The summed E-state index contributed by atoms with van der Waals surface area (Å²) in [4.78, 5) is 13.2. The van der Waals surface area contributed by atoms with Gasteiger partial charge in [-0.2, -0.15) is 4.98 Å². The number of hydrogen-bond donors (Lipinski definition) is 2. The van der Waals surface area contributed by atoms with Crippen molar-refractivity contribution in [2.75, 3.05) is 18.4 Å². The lowest BCUT2D eigenvalue weighted by atomic mass is 10.2. The highest BCUT2D eigenvalue weighted by Crippen LogP contribution is 2.29. The van der Waals surface area contributed by atoms with Gasteiger partial charge in [-0.1, -0.05) is 12.1 Å². The number of hydrogen-bond acceptors (Lipinski definition) is 6. The van der Waals surface area contributed by atoms with Gasteiger partial charge in [-0.3, -0.25) is 4.98 Å². The van der Waals surface area contributed by atoms with E-state index >= 15 is 0 Å². The molecule has 1 aliphatic heterocycles. The van der Waals surface area contributed by atoms with Crippen LogP contribution in [0.2, 0.25) is 0 Å². The molecule has 4 rings (SSSR count). The maximum atomic E-state index is 12.8. The number of anilines is 1. The Kier molecular flexibility index (Phi) is 5.72. The minimum absolute atomic E-state index is 0.426. The van der Waals surface area contributed by atoms with Gasteiger partial charge in [0, 0.05) is 30.5 Å². The lowest BCUT2D eigenvalue weighted by molar-refractivity contribution is 0.461. The van der Waals surface area contributed by atoms with E-state index in [9.17, 15) is 4.39 Å². The maximum Gasteiger partial charge on any atom is 0.246 e. The smallest absolute Gasteiger partial charge is 0.246 e. The van der Waals surface area contributed by atoms with Crippen LogP contribution in [0.5, 0.6) is 11.6 Å². The number of alkyl halides is 1. The topological polar surface area (TPSA) is 72.0 Å². The summed E-state index contributed by atoms with van der Waals surface area (Å²) in [5.74, 6) is 1.56. The van der Waals surface area contributed by atoms with E-state index in [1.54, 1.807) is 42.9 Å². The molecule has 0 amide bonds. The first-order chi connectivity index (χ1) is 13.8. The predicted molar refractivity (Wildman–Crippen MR) is 106 cm³/mol. The molecule has 1 atom stereocenters. The van der Waals surface area contributed by atoms with Gasteiger partial charge in [0.25, 0.3) is 0 Å². The van der Waals surface area contributed by atoms with E-state index in [-0.39, 0.29) is 0 Å². The second-order valence-electron chi connectivity index (χ2n) is 6.71. The average Bonchev–Trinajstić information content (AvgIpc) is 3.28. The summed E-state index contributed by atoms with van der Waals surface area (Å²) in [6.07, 6.45) is 7.48. The normalized spacial score (nSPS) is 16.1. The van der Waals surface area contributed by atoms with Gasteiger partial charge in [0.05, 0.1) is 6.20 Å². The molecule has 6 nitrogen and oxygen atoms in total. The zero-order valence-electron chi connectivity index (χ0n) is 15.4. The molecule has 0 spiro atoms. The summed E-state index contributed by atoms with van der Waals surface area (Å²) in [5, 5.41) is 6.85. The van der Waals surface area contributed by atoms with Crippen molar-refractivity contribution in [2.24, 2.45) is 0 Å². The van der Waals surface area contributed by atoms with Crippen molar-refractivity contribution < 1.29 is 9.13 Å². The first kappa shape index (κ1) is 18.3. The van der Waals surface area contributed by atoms with Crippen molar-refractivity contribution in [3.63, 3.8) is 0 Å². The molecule has 0 saturated carbocycles. The molecule has 144 valence electrons. The van der Waals surface area contributed by atoms with E-state index in [4.69, 9.17) is 4.74 Å². The summed E-state index contributed by atoms with van der Waals surface area (Å²) >= 11 is 0. The van der Waals surface area contributed by atoms with Gasteiger partial charge < -0.3 is 15.4 Å². The molecule has 2 N–H and O–H groups in total. The Bertz CT molecular complexity index is 898. The molecule has 1 aliphatic rings. The number of rotatable bonds is 7. The van der Waals surface area contributed by atoms with E-state index in [1.165, 1.54) is 6.42 Å². The number of nitrogens with one attached hydrogen (secondary N) is 2. The minimum Gasteiger partial charge on any atom is -0.437 e. The number of pyridine rings is 1. The van der Waals surface area contributed by atoms with Crippen molar-refractivity contribution in [3.8, 4) is 23.0 Å². The second-order valence-corrected chi connectivity index (χ2v) is 6.71. The van der Waals surface area contributed by atoms with Crippen LogP contribution < -0.4 is 15.4 Å². The van der Waals surface area contributed by atoms with Crippen LogP contribution in [0.3, 0.4) is 0 Å². The largest absolute Gasteiger partial charge is 0.437 e. The number of aromatic nitrogens is 3. The van der Waals surface area contributed by atoms with Crippen LogP contribution in [0.1, 0.15) is 18.4 Å². The number of halogens is 1. The highest BCUT2D eigenvalue weighted by molar-refractivity contribution is 5.60. The highest BCUT2D eigenvalue weighted by Gasteiger charge is 2.16. The number of ether oxygens (including phenoxy) is 1. The molecular formula is C21H22FN5O. The molecule has 1 fully saturated rings. The van der Waals surface area contributed by atoms with Crippen LogP contribution in [-0.4, -0.2) is 34.1 Å². The summed E-state index contributed by atoms with van der Waals surface area (Å²) in [6.45, 7) is 1.32. The van der Waals surface area contributed by atoms with Gasteiger partial charge in [0.1, 0.15) is 18.1 Å². The van der Waals surface area contributed by atoms with Gasteiger partial charge in [-0.05, 0) is 49.2 Å². The van der Waals surface area contributed by atoms with Crippen LogP contribution in [0.25, 0.3) is 11.4 Å². The molecule has 3 heterocycles. The standard InChI is InChI=1S/C21H22FN5O/c22-11-15-5-7-18(8-6-15)28-21-19(25-13-17-4-2-10-24-17)14-26-20(27-21)16-3-1-9-23-12-16/h1,3,5-9,12,14,17,24-25H,2,4,10-11,13H2. The Hall–Kier alpha value is -3.06. The Morgan fingerprint density at radius 2 is 2.07 bits per heavy atom. The zero-order chi connectivity index (χ0) is 19.2. The van der Waals surface area contributed by atoms with Crippen molar-refractivity contribution >= 4 is 5.69 Å². The Morgan fingerprint density at radius 3 is 2.79 bits per heavy atom. The molecule has 0 aliphatic carbocycles. The number of nitrogens with zero attached hydrogens (tertiary/aromatic N) is 3. The van der Waals surface area contributed by atoms with E-state index in [1.807, 2.05) is 12.1 Å². The van der Waals surface area contributed by atoms with Crippen molar-refractivity contribution in [1.82, 2.24) is 20.3 Å². The zero-order valence-corrected chi connectivity index (χ0v) is 15.4. The van der Waals surface area contributed by atoms with Gasteiger partial charge >= 0.3 is 0 Å². The van der Waals surface area contributed by atoms with Crippen LogP contribution >= 0.6 is 0 Å². The molecule has 1 aromatic carbocycles. The van der Waals surface area contributed by atoms with Gasteiger partial charge in [-0.15, -0.1) is 0 Å². The maximum absolute atomic E-state index is 12.8. The predicted octanol–water partition coefficient (Wildman–Crippen LogP) is 3.96. The van der Waals surface area contributed by atoms with Gasteiger partial charge in [-0.25, -0.2) is 9.37 Å². The summed E-state index contributed by atoms with van der Waals surface area (Å²) in [5.41, 5.74) is 2.14. The van der Waals surface area contributed by atoms with Crippen molar-refractivity contribution in [3.05, 3.63) is 60.6 Å². The molecule has 2 aromatic heterocycles. The molecular weight excluding hydrogens is 357 g/mol. The lowest BCUT2D eigenvalue weighted by Gasteiger charge is -2.16. The van der Waals surface area contributed by atoms with Crippen LogP contribution in [-0.2, 0) is 6.67 Å². The molecule has 7 heteroatoms. The second kappa shape index (κ2) is 8.75. The average molecular weight is 379 g/mol. The summed E-state index contributed by atoms with van der Waals surface area (Å²) < 4.78 is 18.8. The van der Waals surface area contributed by atoms with Gasteiger partial charge in [0.15, 0.2) is 5.82 Å². The Morgan fingerprint density at radius 1 is 1.18 bits per heavy atom. The molecule has 0 radical (unpaired) electrons. The fourth-order valence-corrected chi connectivity index (χ4v) is 3.12. The third-order valence-corrected chi connectivity index (χ3v) is 4.67. The minimum atomic E-state index is -0.500. The fraction of sp³-hybridized carbons (Fsp3) is 0.286.